The van der Waals surface area contributed by atoms with Crippen LogP contribution in [-0.2, 0) is 0 Å². The molecule has 4 heteroatoms. The molecule has 0 spiro atoms. The lowest BCUT2D eigenvalue weighted by Gasteiger charge is -2.36. The molecular formula is C5H16N4. The van der Waals surface area contributed by atoms with Gasteiger partial charge in [-0.1, -0.05) is 13.8 Å². The molecule has 0 aromatic rings. The predicted octanol–water partition coefficient (Wildman–Crippen LogP) is -1.50. The van der Waals surface area contributed by atoms with E-state index in [0.717, 1.165) is 0 Å². The Hall–Kier alpha value is -0.160. The van der Waals surface area contributed by atoms with Crippen molar-refractivity contribution < 1.29 is 0 Å². The van der Waals surface area contributed by atoms with Gasteiger partial charge in [-0.25, -0.2) is 0 Å². The van der Waals surface area contributed by atoms with Gasteiger partial charge < -0.3 is 22.9 Å². The van der Waals surface area contributed by atoms with E-state index in [0.29, 0.717) is 6.54 Å². The summed E-state index contributed by atoms with van der Waals surface area (Å²) in [5.41, 5.74) is 21.1. The van der Waals surface area contributed by atoms with Crippen LogP contribution >= 0.6 is 0 Å². The SMILES string of the molecule is CC(C)(CN)C(N)(N)N. The Kier molecular flexibility index (Phi) is 2.19. The van der Waals surface area contributed by atoms with Gasteiger partial charge in [0, 0.05) is 12.0 Å². The highest BCUT2D eigenvalue weighted by atomic mass is 15.1. The maximum atomic E-state index is 5.40. The Bertz CT molecular complexity index is 91.6. The fourth-order valence-electron chi connectivity index (χ4n) is 0.177. The van der Waals surface area contributed by atoms with Crippen LogP contribution in [0.25, 0.3) is 0 Å². The van der Waals surface area contributed by atoms with Gasteiger partial charge in [-0.05, 0) is 0 Å². The largest absolute Gasteiger partial charge is 0.330 e. The molecule has 0 amide bonds. The van der Waals surface area contributed by atoms with Crippen LogP contribution in [0, 0.1) is 5.41 Å². The summed E-state index contributed by atoms with van der Waals surface area (Å²) in [4.78, 5) is 0. The van der Waals surface area contributed by atoms with Crippen molar-refractivity contribution in [3.63, 3.8) is 0 Å². The van der Waals surface area contributed by atoms with Gasteiger partial charge in [0.25, 0.3) is 0 Å². The van der Waals surface area contributed by atoms with Crippen molar-refractivity contribution in [3.05, 3.63) is 0 Å². The van der Waals surface area contributed by atoms with Crippen LogP contribution in [-0.4, -0.2) is 12.3 Å². The van der Waals surface area contributed by atoms with Crippen LogP contribution in [0.2, 0.25) is 0 Å². The van der Waals surface area contributed by atoms with Gasteiger partial charge in [-0.3, -0.25) is 0 Å². The van der Waals surface area contributed by atoms with Gasteiger partial charge in [0.15, 0.2) is 0 Å². The van der Waals surface area contributed by atoms with Gasteiger partial charge in [-0.2, -0.15) is 0 Å². The topological polar surface area (TPSA) is 104 Å². The molecule has 0 radical (unpaired) electrons. The number of hydrogen-bond acceptors (Lipinski definition) is 4. The van der Waals surface area contributed by atoms with E-state index in [1.165, 1.54) is 0 Å². The molecule has 0 rings (SSSR count). The van der Waals surface area contributed by atoms with Crippen LogP contribution in [0.15, 0.2) is 0 Å². The highest BCUT2D eigenvalue weighted by Gasteiger charge is 2.33. The van der Waals surface area contributed by atoms with E-state index in [1.807, 2.05) is 13.8 Å². The summed E-state index contributed by atoms with van der Waals surface area (Å²) < 4.78 is 0. The second kappa shape index (κ2) is 2.22. The van der Waals surface area contributed by atoms with E-state index in [-0.39, 0.29) is 0 Å². The molecule has 0 aromatic carbocycles. The minimum absolute atomic E-state index is 0.385. The smallest absolute Gasteiger partial charge is 0.122 e. The van der Waals surface area contributed by atoms with Crippen molar-refractivity contribution in [1.82, 2.24) is 0 Å². The van der Waals surface area contributed by atoms with Gasteiger partial charge >= 0.3 is 0 Å². The number of hydrogen-bond donors (Lipinski definition) is 4. The van der Waals surface area contributed by atoms with E-state index in [1.54, 1.807) is 0 Å². The molecule has 0 atom stereocenters. The summed E-state index contributed by atoms with van der Waals surface area (Å²) in [6, 6.07) is 0. The van der Waals surface area contributed by atoms with Crippen molar-refractivity contribution in [3.8, 4) is 0 Å². The summed E-state index contributed by atoms with van der Waals surface area (Å²) in [5, 5.41) is 0. The van der Waals surface area contributed by atoms with Gasteiger partial charge in [-0.15, -0.1) is 0 Å². The molecule has 9 heavy (non-hydrogen) atoms. The van der Waals surface area contributed by atoms with Crippen LogP contribution in [0.3, 0.4) is 0 Å². The Morgan fingerprint density at radius 2 is 1.44 bits per heavy atom. The molecule has 0 aromatic heterocycles. The lowest BCUT2D eigenvalue weighted by molar-refractivity contribution is 0.186. The molecule has 0 aliphatic rings. The maximum absolute atomic E-state index is 5.40. The fourth-order valence-corrected chi connectivity index (χ4v) is 0.177. The number of rotatable bonds is 2. The van der Waals surface area contributed by atoms with Gasteiger partial charge in [0.2, 0.25) is 0 Å². The van der Waals surface area contributed by atoms with E-state index in [2.05, 4.69) is 0 Å². The first-order valence-corrected chi connectivity index (χ1v) is 2.88. The third-order valence-corrected chi connectivity index (χ3v) is 1.68. The van der Waals surface area contributed by atoms with E-state index < -0.39 is 11.2 Å². The summed E-state index contributed by atoms with van der Waals surface area (Å²) in [6.07, 6.45) is 0. The Morgan fingerprint density at radius 3 is 1.44 bits per heavy atom. The Labute approximate surface area is 55.6 Å². The molecule has 0 saturated carbocycles. The molecular weight excluding hydrogens is 116 g/mol. The second-order valence-corrected chi connectivity index (χ2v) is 3.02. The minimum atomic E-state index is -1.18. The monoisotopic (exact) mass is 132 g/mol. The zero-order chi connectivity index (χ0) is 7.71. The third kappa shape index (κ3) is 1.91. The zero-order valence-electron chi connectivity index (χ0n) is 6.02. The van der Waals surface area contributed by atoms with Gasteiger partial charge in [0.05, 0.1) is 0 Å². The van der Waals surface area contributed by atoms with Crippen LogP contribution < -0.4 is 22.9 Å². The molecule has 56 valence electrons. The Balaban J connectivity index is 4.14. The summed E-state index contributed by atoms with van der Waals surface area (Å²) >= 11 is 0. The molecule has 0 fully saturated rings. The van der Waals surface area contributed by atoms with E-state index in [4.69, 9.17) is 22.9 Å². The average molecular weight is 132 g/mol. The summed E-state index contributed by atoms with van der Waals surface area (Å²) in [6.45, 7) is 4.04. The van der Waals surface area contributed by atoms with Crippen LogP contribution in [0.4, 0.5) is 0 Å². The van der Waals surface area contributed by atoms with Crippen molar-refractivity contribution >= 4 is 0 Å². The molecule has 0 aliphatic heterocycles. The Morgan fingerprint density at radius 1 is 1.11 bits per heavy atom. The normalized spacial score (nSPS) is 14.0. The van der Waals surface area contributed by atoms with Crippen molar-refractivity contribution in [2.24, 2.45) is 28.3 Å². The first-order valence-electron chi connectivity index (χ1n) is 2.88. The summed E-state index contributed by atoms with van der Waals surface area (Å²) in [7, 11) is 0. The van der Waals surface area contributed by atoms with Crippen LogP contribution in [0.1, 0.15) is 13.8 Å². The maximum Gasteiger partial charge on any atom is 0.122 e. The molecule has 0 bridgehead atoms. The first kappa shape index (κ1) is 8.84. The third-order valence-electron chi connectivity index (χ3n) is 1.68. The van der Waals surface area contributed by atoms with Crippen molar-refractivity contribution in [2.75, 3.05) is 6.54 Å². The molecule has 0 aliphatic carbocycles. The standard InChI is InChI=1S/C5H16N4/c1-4(2,3-6)5(7,8)9/h3,6-9H2,1-2H3. The highest BCUT2D eigenvalue weighted by molar-refractivity contribution is 4.87. The molecule has 0 saturated heterocycles. The summed E-state index contributed by atoms with van der Waals surface area (Å²) in [5.74, 6) is -1.18. The quantitative estimate of drug-likeness (QED) is 0.343. The lowest BCUT2D eigenvalue weighted by Crippen LogP contribution is -2.69. The fraction of sp³-hybridized carbons (Fsp3) is 1.00. The van der Waals surface area contributed by atoms with Crippen molar-refractivity contribution in [2.45, 2.75) is 19.6 Å². The average Bonchev–Trinajstić information content (AvgIpc) is 1.64. The second-order valence-electron chi connectivity index (χ2n) is 3.02. The van der Waals surface area contributed by atoms with Crippen LogP contribution in [0.5, 0.6) is 0 Å². The zero-order valence-corrected chi connectivity index (χ0v) is 6.02. The molecule has 0 heterocycles. The molecule has 4 nitrogen and oxygen atoms in total. The van der Waals surface area contributed by atoms with Gasteiger partial charge in [0.1, 0.15) is 5.79 Å². The highest BCUT2D eigenvalue weighted by Crippen LogP contribution is 2.17. The molecule has 8 N–H and O–H groups in total. The minimum Gasteiger partial charge on any atom is -0.330 e. The predicted molar refractivity (Wildman–Crippen MR) is 38.1 cm³/mol. The molecule has 0 unspecified atom stereocenters. The number of nitrogens with two attached hydrogens (primary N) is 4. The van der Waals surface area contributed by atoms with Crippen molar-refractivity contribution in [1.29, 1.82) is 0 Å². The first-order chi connectivity index (χ1) is 3.81. The lowest BCUT2D eigenvalue weighted by atomic mass is 9.86. The van der Waals surface area contributed by atoms with E-state index in [9.17, 15) is 0 Å². The van der Waals surface area contributed by atoms with E-state index >= 15 is 0 Å².